The van der Waals surface area contributed by atoms with E-state index in [1.54, 1.807) is 4.57 Å². The second kappa shape index (κ2) is 3.50. The van der Waals surface area contributed by atoms with Gasteiger partial charge in [0.05, 0.1) is 6.04 Å². The van der Waals surface area contributed by atoms with E-state index in [1.165, 1.54) is 6.20 Å². The van der Waals surface area contributed by atoms with E-state index < -0.39 is 4.92 Å². The van der Waals surface area contributed by atoms with Crippen LogP contribution in [0.15, 0.2) is 6.20 Å². The number of aromatic nitrogens is 2. The topological polar surface area (TPSA) is 96.2 Å². The number of nitrogens with zero attached hydrogens (tertiary/aromatic N) is 3. The first-order valence-corrected chi connectivity index (χ1v) is 4.75. The molecule has 7 heteroatoms. The van der Waals surface area contributed by atoms with Crippen molar-refractivity contribution in [3.8, 4) is 6.01 Å². The van der Waals surface area contributed by atoms with Gasteiger partial charge in [0.15, 0.2) is 0 Å². The minimum atomic E-state index is -0.541. The maximum atomic E-state index is 10.5. The van der Waals surface area contributed by atoms with Crippen LogP contribution in [0.2, 0.25) is 0 Å². The number of nitro groups is 1. The van der Waals surface area contributed by atoms with Crippen molar-refractivity contribution in [1.29, 1.82) is 0 Å². The van der Waals surface area contributed by atoms with Crippen molar-refractivity contribution in [3.63, 3.8) is 0 Å². The van der Waals surface area contributed by atoms with Crippen LogP contribution in [0, 0.1) is 10.1 Å². The van der Waals surface area contributed by atoms with Crippen molar-refractivity contribution in [3.05, 3.63) is 16.3 Å². The predicted octanol–water partition coefficient (Wildman–Crippen LogP) is 0.290. The largest absolute Gasteiger partial charge is 0.441 e. The summed E-state index contributed by atoms with van der Waals surface area (Å²) >= 11 is 0. The zero-order valence-corrected chi connectivity index (χ0v) is 8.29. The fourth-order valence-electron chi connectivity index (χ4n) is 1.65. The SMILES string of the molecule is CC[C@H]1Oc2nc([N+](=O)[O-])cn2C[C@@H]1N. The van der Waals surface area contributed by atoms with Crippen molar-refractivity contribution < 1.29 is 9.66 Å². The molecule has 0 aliphatic carbocycles. The molecule has 2 atom stereocenters. The van der Waals surface area contributed by atoms with Crippen LogP contribution in [0.4, 0.5) is 5.82 Å². The van der Waals surface area contributed by atoms with Gasteiger partial charge in [0.2, 0.25) is 0 Å². The Balaban J connectivity index is 2.29. The molecule has 15 heavy (non-hydrogen) atoms. The highest BCUT2D eigenvalue weighted by Crippen LogP contribution is 2.24. The summed E-state index contributed by atoms with van der Waals surface area (Å²) < 4.78 is 7.02. The molecule has 0 spiro atoms. The van der Waals surface area contributed by atoms with E-state index in [1.807, 2.05) is 6.92 Å². The zero-order chi connectivity index (χ0) is 11.0. The summed E-state index contributed by atoms with van der Waals surface area (Å²) in [5.74, 6) is -0.200. The zero-order valence-electron chi connectivity index (χ0n) is 8.29. The lowest BCUT2D eigenvalue weighted by Crippen LogP contribution is -2.45. The van der Waals surface area contributed by atoms with Crippen molar-refractivity contribution in [2.75, 3.05) is 0 Å². The number of hydrogen-bond acceptors (Lipinski definition) is 5. The van der Waals surface area contributed by atoms with Crippen molar-refractivity contribution in [2.45, 2.75) is 32.0 Å². The standard InChI is InChI=1S/C8H12N4O3/c1-2-6-5(9)3-11-4-7(12(13)14)10-8(11)15-6/h4-6H,2-3,9H2,1H3/t5-,6+/m0/s1. The van der Waals surface area contributed by atoms with Crippen LogP contribution in [-0.4, -0.2) is 26.6 Å². The molecule has 0 amide bonds. The van der Waals surface area contributed by atoms with Gasteiger partial charge in [0.1, 0.15) is 12.3 Å². The van der Waals surface area contributed by atoms with E-state index in [0.717, 1.165) is 6.42 Å². The molecule has 0 saturated carbocycles. The van der Waals surface area contributed by atoms with Gasteiger partial charge >= 0.3 is 11.8 Å². The van der Waals surface area contributed by atoms with Crippen LogP contribution in [0.1, 0.15) is 13.3 Å². The lowest BCUT2D eigenvalue weighted by atomic mass is 10.1. The fraction of sp³-hybridized carbons (Fsp3) is 0.625. The molecule has 0 unspecified atom stereocenters. The highest BCUT2D eigenvalue weighted by molar-refractivity contribution is 5.22. The van der Waals surface area contributed by atoms with Gasteiger partial charge in [0.25, 0.3) is 0 Å². The van der Waals surface area contributed by atoms with Gasteiger partial charge in [-0.1, -0.05) is 6.92 Å². The first-order valence-electron chi connectivity index (χ1n) is 4.75. The molecule has 0 radical (unpaired) electrons. The first kappa shape index (κ1) is 9.91. The van der Waals surface area contributed by atoms with Gasteiger partial charge in [-0.15, -0.1) is 0 Å². The van der Waals surface area contributed by atoms with E-state index in [9.17, 15) is 10.1 Å². The lowest BCUT2D eigenvalue weighted by Gasteiger charge is -2.26. The van der Waals surface area contributed by atoms with Gasteiger partial charge in [-0.25, -0.2) is 0 Å². The summed E-state index contributed by atoms with van der Waals surface area (Å²) in [7, 11) is 0. The Kier molecular flexibility index (Phi) is 2.31. The van der Waals surface area contributed by atoms with Crippen molar-refractivity contribution >= 4 is 5.82 Å². The maximum Gasteiger partial charge on any atom is 0.414 e. The number of ether oxygens (including phenoxy) is 1. The number of hydrogen-bond donors (Lipinski definition) is 1. The smallest absolute Gasteiger partial charge is 0.414 e. The Morgan fingerprint density at radius 2 is 2.60 bits per heavy atom. The Hall–Kier alpha value is -1.63. The highest BCUT2D eigenvalue weighted by atomic mass is 16.6. The highest BCUT2D eigenvalue weighted by Gasteiger charge is 2.31. The maximum absolute atomic E-state index is 10.5. The average Bonchev–Trinajstić information content (AvgIpc) is 2.59. The van der Waals surface area contributed by atoms with E-state index >= 15 is 0 Å². The van der Waals surface area contributed by atoms with E-state index in [4.69, 9.17) is 10.5 Å². The fourth-order valence-corrected chi connectivity index (χ4v) is 1.65. The number of fused-ring (bicyclic) bond motifs is 1. The molecule has 2 N–H and O–H groups in total. The molecule has 0 bridgehead atoms. The number of imidazole rings is 1. The molecule has 0 fully saturated rings. The van der Waals surface area contributed by atoms with Crippen LogP contribution in [0.3, 0.4) is 0 Å². The molecule has 0 aromatic carbocycles. The van der Waals surface area contributed by atoms with Gasteiger partial charge in [0, 0.05) is 11.5 Å². The van der Waals surface area contributed by atoms with Crippen molar-refractivity contribution in [1.82, 2.24) is 9.55 Å². The second-order valence-electron chi connectivity index (χ2n) is 3.52. The van der Waals surface area contributed by atoms with Crippen LogP contribution in [-0.2, 0) is 6.54 Å². The molecular formula is C8H12N4O3. The molecule has 7 nitrogen and oxygen atoms in total. The summed E-state index contributed by atoms with van der Waals surface area (Å²) in [5, 5.41) is 10.5. The Morgan fingerprint density at radius 1 is 1.87 bits per heavy atom. The molecule has 2 rings (SSSR count). The summed E-state index contributed by atoms with van der Waals surface area (Å²) in [6.45, 7) is 2.46. The van der Waals surface area contributed by atoms with Crippen LogP contribution >= 0.6 is 0 Å². The number of rotatable bonds is 2. The minimum Gasteiger partial charge on any atom is -0.441 e. The van der Waals surface area contributed by atoms with Gasteiger partial charge < -0.3 is 20.6 Å². The van der Waals surface area contributed by atoms with Crippen LogP contribution in [0.5, 0.6) is 6.01 Å². The summed E-state index contributed by atoms with van der Waals surface area (Å²) in [4.78, 5) is 13.7. The molecule has 82 valence electrons. The Morgan fingerprint density at radius 3 is 3.20 bits per heavy atom. The Bertz CT molecular complexity index is 389. The first-order chi connectivity index (χ1) is 7.11. The third kappa shape index (κ3) is 1.65. The monoisotopic (exact) mass is 212 g/mol. The van der Waals surface area contributed by atoms with Crippen LogP contribution in [0.25, 0.3) is 0 Å². The molecule has 0 saturated heterocycles. The molecule has 1 aliphatic heterocycles. The summed E-state index contributed by atoms with van der Waals surface area (Å²) in [6.07, 6.45) is 2.00. The average molecular weight is 212 g/mol. The minimum absolute atomic E-state index is 0.112. The summed E-state index contributed by atoms with van der Waals surface area (Å²) in [6, 6.07) is 0.145. The van der Waals surface area contributed by atoms with E-state index in [-0.39, 0.29) is 24.0 Å². The molecule has 2 heterocycles. The third-order valence-corrected chi connectivity index (χ3v) is 2.46. The Labute approximate surface area is 86.0 Å². The molecule has 1 aliphatic rings. The van der Waals surface area contributed by atoms with Gasteiger partial charge in [-0.05, 0) is 11.3 Å². The lowest BCUT2D eigenvalue weighted by molar-refractivity contribution is -0.389. The molecular weight excluding hydrogens is 200 g/mol. The van der Waals surface area contributed by atoms with E-state index in [2.05, 4.69) is 4.98 Å². The normalized spacial score (nSPS) is 24.4. The second-order valence-corrected chi connectivity index (χ2v) is 3.52. The van der Waals surface area contributed by atoms with Gasteiger partial charge in [-0.3, -0.25) is 4.57 Å². The summed E-state index contributed by atoms with van der Waals surface area (Å²) in [5.41, 5.74) is 5.85. The van der Waals surface area contributed by atoms with Gasteiger partial charge in [-0.2, -0.15) is 0 Å². The third-order valence-electron chi connectivity index (χ3n) is 2.46. The predicted molar refractivity (Wildman–Crippen MR) is 51.6 cm³/mol. The molecule has 1 aromatic heterocycles. The van der Waals surface area contributed by atoms with E-state index in [0.29, 0.717) is 6.54 Å². The van der Waals surface area contributed by atoms with Crippen molar-refractivity contribution in [2.24, 2.45) is 5.73 Å². The number of nitrogens with two attached hydrogens (primary N) is 1. The quantitative estimate of drug-likeness (QED) is 0.561. The van der Waals surface area contributed by atoms with Crippen LogP contribution < -0.4 is 10.5 Å². The molecule has 1 aromatic rings.